The molecule has 0 aliphatic carbocycles. The number of hydrogen-bond donors (Lipinski definition) is 0. The fourth-order valence-electron chi connectivity index (χ4n) is 3.10. The number of carbonyl (C=O) groups is 1. The third-order valence-electron chi connectivity index (χ3n) is 4.37. The summed E-state index contributed by atoms with van der Waals surface area (Å²) in [7, 11) is 0. The molecule has 1 saturated heterocycles. The van der Waals surface area contributed by atoms with Gasteiger partial charge in [-0.3, -0.25) is 9.78 Å². The Labute approximate surface area is 140 Å². The number of hydrogen-bond acceptors (Lipinski definition) is 3. The van der Waals surface area contributed by atoms with Gasteiger partial charge in [-0.05, 0) is 35.4 Å². The molecule has 120 valence electrons. The first-order chi connectivity index (χ1) is 11.8. The van der Waals surface area contributed by atoms with E-state index in [1.165, 1.54) is 0 Å². The maximum Gasteiger partial charge on any atom is 0.254 e. The average Bonchev–Trinajstić information content (AvgIpc) is 2.68. The summed E-state index contributed by atoms with van der Waals surface area (Å²) in [6.45, 7) is 2.51. The van der Waals surface area contributed by atoms with Crippen LogP contribution in [0.2, 0.25) is 0 Å². The van der Waals surface area contributed by atoms with Crippen molar-refractivity contribution in [3.05, 3.63) is 66.4 Å². The largest absolute Gasteiger partial charge is 0.378 e. The molecule has 3 aromatic rings. The average molecular weight is 318 g/mol. The maximum atomic E-state index is 12.7. The highest BCUT2D eigenvalue weighted by Gasteiger charge is 2.19. The number of nitrogens with zero attached hydrogens (tertiary/aromatic N) is 2. The van der Waals surface area contributed by atoms with Crippen LogP contribution in [0.1, 0.15) is 10.4 Å². The van der Waals surface area contributed by atoms with Crippen LogP contribution in [0.4, 0.5) is 0 Å². The molecule has 1 amide bonds. The molecule has 0 N–H and O–H groups in total. The van der Waals surface area contributed by atoms with Crippen LogP contribution in [0.3, 0.4) is 0 Å². The lowest BCUT2D eigenvalue weighted by Gasteiger charge is -2.27. The Balaban J connectivity index is 1.78. The second kappa shape index (κ2) is 6.42. The first-order valence-electron chi connectivity index (χ1n) is 8.14. The molecule has 0 unspecified atom stereocenters. The predicted octanol–water partition coefficient (Wildman–Crippen LogP) is 3.37. The van der Waals surface area contributed by atoms with Crippen molar-refractivity contribution in [2.75, 3.05) is 26.3 Å². The number of carbonyl (C=O) groups excluding carboxylic acids is 1. The van der Waals surface area contributed by atoms with E-state index in [1.807, 2.05) is 53.6 Å². The van der Waals surface area contributed by atoms with Crippen molar-refractivity contribution in [3.8, 4) is 11.1 Å². The zero-order valence-electron chi connectivity index (χ0n) is 13.3. The summed E-state index contributed by atoms with van der Waals surface area (Å²) in [4.78, 5) is 19.0. The Morgan fingerprint density at radius 2 is 1.79 bits per heavy atom. The van der Waals surface area contributed by atoms with Crippen molar-refractivity contribution in [1.29, 1.82) is 0 Å². The van der Waals surface area contributed by atoms with Crippen LogP contribution in [0.15, 0.2) is 60.8 Å². The van der Waals surface area contributed by atoms with Gasteiger partial charge in [-0.15, -0.1) is 0 Å². The number of morpholine rings is 1. The third kappa shape index (κ3) is 2.76. The molecule has 2 aromatic carbocycles. The molecule has 1 fully saturated rings. The van der Waals surface area contributed by atoms with E-state index in [1.54, 1.807) is 0 Å². The molecule has 1 aliphatic rings. The molecule has 0 saturated carbocycles. The summed E-state index contributed by atoms with van der Waals surface area (Å²) in [6.07, 6.45) is 1.81. The van der Waals surface area contributed by atoms with Crippen LogP contribution < -0.4 is 0 Å². The van der Waals surface area contributed by atoms with Crippen LogP contribution >= 0.6 is 0 Å². The quantitative estimate of drug-likeness (QED) is 0.727. The van der Waals surface area contributed by atoms with Gasteiger partial charge in [-0.1, -0.05) is 30.3 Å². The second-order valence-corrected chi connectivity index (χ2v) is 5.86. The SMILES string of the molecule is O=C(c1ccc2nccc(-c3ccccc3)c2c1)N1CCOCC1. The molecule has 1 aromatic heterocycles. The summed E-state index contributed by atoms with van der Waals surface area (Å²) in [5.74, 6) is 0.0584. The number of amides is 1. The Bertz CT molecular complexity index is 871. The minimum absolute atomic E-state index is 0.0584. The summed E-state index contributed by atoms with van der Waals surface area (Å²) in [5, 5.41) is 1.00. The zero-order valence-corrected chi connectivity index (χ0v) is 13.3. The number of benzene rings is 2. The van der Waals surface area contributed by atoms with E-state index >= 15 is 0 Å². The highest BCUT2D eigenvalue weighted by molar-refractivity contribution is 6.02. The molecule has 2 heterocycles. The van der Waals surface area contributed by atoms with E-state index in [4.69, 9.17) is 4.74 Å². The van der Waals surface area contributed by atoms with Crippen LogP contribution in [-0.2, 0) is 4.74 Å². The van der Waals surface area contributed by atoms with Gasteiger partial charge < -0.3 is 9.64 Å². The normalized spacial score (nSPS) is 14.8. The molecule has 0 atom stereocenters. The fourth-order valence-corrected chi connectivity index (χ4v) is 3.10. The molecule has 4 heteroatoms. The predicted molar refractivity (Wildman–Crippen MR) is 93.9 cm³/mol. The molecule has 4 nitrogen and oxygen atoms in total. The van der Waals surface area contributed by atoms with Gasteiger partial charge in [0, 0.05) is 30.2 Å². The first-order valence-corrected chi connectivity index (χ1v) is 8.14. The van der Waals surface area contributed by atoms with E-state index in [0.717, 1.165) is 22.0 Å². The van der Waals surface area contributed by atoms with Gasteiger partial charge in [-0.2, -0.15) is 0 Å². The van der Waals surface area contributed by atoms with Crippen LogP contribution in [0.5, 0.6) is 0 Å². The molecular weight excluding hydrogens is 300 g/mol. The molecular formula is C20H18N2O2. The minimum Gasteiger partial charge on any atom is -0.378 e. The van der Waals surface area contributed by atoms with E-state index in [2.05, 4.69) is 17.1 Å². The van der Waals surface area contributed by atoms with E-state index < -0.39 is 0 Å². The molecule has 0 radical (unpaired) electrons. The topological polar surface area (TPSA) is 42.4 Å². The lowest BCUT2D eigenvalue weighted by atomic mass is 9.99. The number of rotatable bonds is 2. The summed E-state index contributed by atoms with van der Waals surface area (Å²) in [5.41, 5.74) is 3.82. The van der Waals surface area contributed by atoms with Gasteiger partial charge in [0.05, 0.1) is 18.7 Å². The van der Waals surface area contributed by atoms with Crippen molar-refractivity contribution in [2.45, 2.75) is 0 Å². The number of pyridine rings is 1. The Morgan fingerprint density at radius 3 is 2.58 bits per heavy atom. The van der Waals surface area contributed by atoms with Crippen LogP contribution in [-0.4, -0.2) is 42.1 Å². The molecule has 0 bridgehead atoms. The van der Waals surface area contributed by atoms with Crippen molar-refractivity contribution in [3.63, 3.8) is 0 Å². The maximum absolute atomic E-state index is 12.7. The fraction of sp³-hybridized carbons (Fsp3) is 0.200. The highest BCUT2D eigenvalue weighted by atomic mass is 16.5. The zero-order chi connectivity index (χ0) is 16.4. The van der Waals surface area contributed by atoms with Gasteiger partial charge in [-0.25, -0.2) is 0 Å². The molecule has 1 aliphatic heterocycles. The Hall–Kier alpha value is -2.72. The van der Waals surface area contributed by atoms with Gasteiger partial charge in [0.15, 0.2) is 0 Å². The van der Waals surface area contributed by atoms with E-state index in [9.17, 15) is 4.79 Å². The van der Waals surface area contributed by atoms with Crippen molar-refractivity contribution >= 4 is 16.8 Å². The lowest BCUT2D eigenvalue weighted by molar-refractivity contribution is 0.0303. The number of ether oxygens (including phenoxy) is 1. The highest BCUT2D eigenvalue weighted by Crippen LogP contribution is 2.28. The molecule has 4 rings (SSSR count). The summed E-state index contributed by atoms with van der Waals surface area (Å²) in [6, 6.07) is 17.9. The number of fused-ring (bicyclic) bond motifs is 1. The van der Waals surface area contributed by atoms with Gasteiger partial charge in [0.2, 0.25) is 0 Å². The van der Waals surface area contributed by atoms with Gasteiger partial charge in [0.1, 0.15) is 0 Å². The Morgan fingerprint density at radius 1 is 1.00 bits per heavy atom. The smallest absolute Gasteiger partial charge is 0.254 e. The number of aromatic nitrogens is 1. The van der Waals surface area contributed by atoms with E-state index in [-0.39, 0.29) is 5.91 Å². The van der Waals surface area contributed by atoms with Crippen molar-refractivity contribution in [2.24, 2.45) is 0 Å². The second-order valence-electron chi connectivity index (χ2n) is 5.86. The van der Waals surface area contributed by atoms with E-state index in [0.29, 0.717) is 31.9 Å². The van der Waals surface area contributed by atoms with Crippen LogP contribution in [0, 0.1) is 0 Å². The third-order valence-corrected chi connectivity index (χ3v) is 4.37. The van der Waals surface area contributed by atoms with Crippen molar-refractivity contribution < 1.29 is 9.53 Å². The summed E-state index contributed by atoms with van der Waals surface area (Å²) >= 11 is 0. The molecule has 0 spiro atoms. The standard InChI is InChI=1S/C20H18N2O2/c23-20(22-10-12-24-13-11-22)16-6-7-19-18(14-16)17(8-9-21-19)15-4-2-1-3-5-15/h1-9,14H,10-13H2. The Kier molecular flexibility index (Phi) is 3.97. The molecule has 24 heavy (non-hydrogen) atoms. The van der Waals surface area contributed by atoms with Crippen molar-refractivity contribution in [1.82, 2.24) is 9.88 Å². The van der Waals surface area contributed by atoms with Gasteiger partial charge in [0.25, 0.3) is 5.91 Å². The minimum atomic E-state index is 0.0584. The monoisotopic (exact) mass is 318 g/mol. The lowest BCUT2D eigenvalue weighted by Crippen LogP contribution is -2.40. The summed E-state index contributed by atoms with van der Waals surface area (Å²) < 4.78 is 5.33. The first kappa shape index (κ1) is 14.8. The van der Waals surface area contributed by atoms with Crippen LogP contribution in [0.25, 0.3) is 22.0 Å². The van der Waals surface area contributed by atoms with Gasteiger partial charge >= 0.3 is 0 Å².